The number of aryl methyl sites for hydroxylation is 1. The zero-order valence-corrected chi connectivity index (χ0v) is 10.5. The van der Waals surface area contributed by atoms with Crippen LogP contribution in [0.3, 0.4) is 0 Å². The molecule has 2 aliphatic rings. The van der Waals surface area contributed by atoms with Crippen molar-refractivity contribution in [3.63, 3.8) is 0 Å². The molecule has 0 spiro atoms. The Hall–Kier alpha value is -1.22. The normalized spacial score (nSPS) is 19.4. The summed E-state index contributed by atoms with van der Waals surface area (Å²) in [5.41, 5.74) is 3.21. The fourth-order valence-corrected chi connectivity index (χ4v) is 2.65. The van der Waals surface area contributed by atoms with Crippen molar-refractivity contribution >= 4 is 0 Å². The molecule has 1 fully saturated rings. The molecule has 0 bridgehead atoms. The van der Waals surface area contributed by atoms with Gasteiger partial charge in [-0.2, -0.15) is 0 Å². The monoisotopic (exact) mass is 233 g/mol. The van der Waals surface area contributed by atoms with E-state index in [1.54, 1.807) is 0 Å². The molecule has 1 aliphatic carbocycles. The smallest absolute Gasteiger partial charge is 0.231 e. The highest BCUT2D eigenvalue weighted by atomic mass is 16.7. The number of benzene rings is 1. The lowest BCUT2D eigenvalue weighted by molar-refractivity contribution is 0.174. The van der Waals surface area contributed by atoms with Crippen molar-refractivity contribution in [2.75, 3.05) is 20.4 Å². The van der Waals surface area contributed by atoms with Gasteiger partial charge in [0.2, 0.25) is 6.79 Å². The van der Waals surface area contributed by atoms with Crippen molar-refractivity contribution in [1.29, 1.82) is 0 Å². The third-order valence-electron chi connectivity index (χ3n) is 3.91. The molecule has 0 saturated heterocycles. The van der Waals surface area contributed by atoms with Crippen LogP contribution in [0.5, 0.6) is 11.5 Å². The summed E-state index contributed by atoms with van der Waals surface area (Å²) in [5, 5.41) is 3.31. The Balaban J connectivity index is 1.83. The number of rotatable bonds is 4. The SMILES string of the molecule is CNCC1(Cc2cc3c(cc2C)OCO3)CC1. The maximum absolute atomic E-state index is 5.45. The lowest BCUT2D eigenvalue weighted by Gasteiger charge is -2.16. The standard InChI is InChI=1S/C14H19NO2/c1-10-5-12-13(17-9-16-12)6-11(10)7-14(3-4-14)8-15-2/h5-6,15H,3-4,7-9H2,1-2H3. The van der Waals surface area contributed by atoms with E-state index in [9.17, 15) is 0 Å². The van der Waals surface area contributed by atoms with Crippen LogP contribution in [0.15, 0.2) is 12.1 Å². The second kappa shape index (κ2) is 3.91. The van der Waals surface area contributed by atoms with Gasteiger partial charge in [-0.1, -0.05) is 0 Å². The zero-order chi connectivity index (χ0) is 11.9. The van der Waals surface area contributed by atoms with E-state index >= 15 is 0 Å². The highest BCUT2D eigenvalue weighted by Gasteiger charge is 2.42. The molecule has 1 aromatic carbocycles. The van der Waals surface area contributed by atoms with Gasteiger partial charge in [0, 0.05) is 6.54 Å². The van der Waals surface area contributed by atoms with Crippen LogP contribution in [-0.2, 0) is 6.42 Å². The fraction of sp³-hybridized carbons (Fsp3) is 0.571. The minimum absolute atomic E-state index is 0.361. The number of hydrogen-bond acceptors (Lipinski definition) is 3. The van der Waals surface area contributed by atoms with Gasteiger partial charge >= 0.3 is 0 Å². The topological polar surface area (TPSA) is 30.5 Å². The lowest BCUT2D eigenvalue weighted by Crippen LogP contribution is -2.22. The molecule has 17 heavy (non-hydrogen) atoms. The Morgan fingerprint density at radius 2 is 1.94 bits per heavy atom. The number of hydrogen-bond donors (Lipinski definition) is 1. The van der Waals surface area contributed by atoms with Crippen molar-refractivity contribution in [3.8, 4) is 11.5 Å². The molecule has 0 aromatic heterocycles. The second-order valence-corrected chi connectivity index (χ2v) is 5.34. The van der Waals surface area contributed by atoms with E-state index in [4.69, 9.17) is 9.47 Å². The molecule has 1 N–H and O–H groups in total. The molecule has 1 saturated carbocycles. The maximum Gasteiger partial charge on any atom is 0.231 e. The molecule has 1 aromatic rings. The molecule has 1 heterocycles. The summed E-state index contributed by atoms with van der Waals surface area (Å²) in [7, 11) is 2.03. The molecule has 3 rings (SSSR count). The maximum atomic E-state index is 5.45. The van der Waals surface area contributed by atoms with Gasteiger partial charge in [-0.3, -0.25) is 0 Å². The van der Waals surface area contributed by atoms with Gasteiger partial charge in [-0.25, -0.2) is 0 Å². The molecule has 0 amide bonds. The molecule has 0 radical (unpaired) electrons. The average Bonchev–Trinajstić information content (AvgIpc) is 2.89. The summed E-state index contributed by atoms with van der Waals surface area (Å²) in [4.78, 5) is 0. The first kappa shape index (κ1) is 10.9. The van der Waals surface area contributed by atoms with Gasteiger partial charge in [-0.15, -0.1) is 0 Å². The van der Waals surface area contributed by atoms with E-state index in [1.807, 2.05) is 7.05 Å². The Morgan fingerprint density at radius 3 is 2.59 bits per heavy atom. The number of ether oxygens (including phenoxy) is 2. The van der Waals surface area contributed by atoms with Crippen molar-refractivity contribution in [2.45, 2.75) is 26.2 Å². The third-order valence-corrected chi connectivity index (χ3v) is 3.91. The van der Waals surface area contributed by atoms with Crippen molar-refractivity contribution < 1.29 is 9.47 Å². The van der Waals surface area contributed by atoms with Crippen LogP contribution in [0.25, 0.3) is 0 Å². The highest BCUT2D eigenvalue weighted by molar-refractivity contribution is 5.48. The van der Waals surface area contributed by atoms with Gasteiger partial charge in [-0.05, 0) is 61.9 Å². The van der Waals surface area contributed by atoms with Crippen molar-refractivity contribution in [3.05, 3.63) is 23.3 Å². The van der Waals surface area contributed by atoms with Gasteiger partial charge in [0.25, 0.3) is 0 Å². The predicted octanol–water partition coefficient (Wildman–Crippen LogP) is 2.27. The van der Waals surface area contributed by atoms with E-state index in [0.717, 1.165) is 24.5 Å². The first-order valence-corrected chi connectivity index (χ1v) is 6.26. The first-order chi connectivity index (χ1) is 8.22. The van der Waals surface area contributed by atoms with E-state index in [1.165, 1.54) is 24.0 Å². The van der Waals surface area contributed by atoms with Crippen LogP contribution in [0.2, 0.25) is 0 Å². The van der Waals surface area contributed by atoms with Gasteiger partial charge in [0.1, 0.15) is 0 Å². The van der Waals surface area contributed by atoms with E-state index in [-0.39, 0.29) is 0 Å². The summed E-state index contributed by atoms with van der Waals surface area (Å²) in [6, 6.07) is 4.26. The van der Waals surface area contributed by atoms with E-state index in [0.29, 0.717) is 12.2 Å². The molecular weight excluding hydrogens is 214 g/mol. The van der Waals surface area contributed by atoms with Crippen LogP contribution < -0.4 is 14.8 Å². The van der Waals surface area contributed by atoms with Crippen LogP contribution in [0.4, 0.5) is 0 Å². The molecule has 1 aliphatic heterocycles. The van der Waals surface area contributed by atoms with Gasteiger partial charge < -0.3 is 14.8 Å². The largest absolute Gasteiger partial charge is 0.454 e. The van der Waals surface area contributed by atoms with Gasteiger partial charge in [0.15, 0.2) is 11.5 Å². The molecule has 0 atom stereocenters. The average molecular weight is 233 g/mol. The van der Waals surface area contributed by atoms with E-state index < -0.39 is 0 Å². The predicted molar refractivity (Wildman–Crippen MR) is 66.6 cm³/mol. The quantitative estimate of drug-likeness (QED) is 0.865. The summed E-state index contributed by atoms with van der Waals surface area (Å²) < 4.78 is 10.8. The summed E-state index contributed by atoms with van der Waals surface area (Å²) in [6.45, 7) is 3.63. The molecular formula is C14H19NO2. The molecule has 3 nitrogen and oxygen atoms in total. The highest BCUT2D eigenvalue weighted by Crippen LogP contribution is 2.49. The Bertz CT molecular complexity index is 438. The van der Waals surface area contributed by atoms with Crippen LogP contribution in [0.1, 0.15) is 24.0 Å². The second-order valence-electron chi connectivity index (χ2n) is 5.34. The van der Waals surface area contributed by atoms with Crippen LogP contribution in [-0.4, -0.2) is 20.4 Å². The molecule has 0 unspecified atom stereocenters. The first-order valence-electron chi connectivity index (χ1n) is 6.26. The zero-order valence-electron chi connectivity index (χ0n) is 10.5. The van der Waals surface area contributed by atoms with Crippen LogP contribution in [0, 0.1) is 12.3 Å². The van der Waals surface area contributed by atoms with Gasteiger partial charge in [0.05, 0.1) is 0 Å². The third kappa shape index (κ3) is 2.00. The Morgan fingerprint density at radius 1 is 1.24 bits per heavy atom. The fourth-order valence-electron chi connectivity index (χ4n) is 2.65. The summed E-state index contributed by atoms with van der Waals surface area (Å²) >= 11 is 0. The molecule has 3 heteroatoms. The van der Waals surface area contributed by atoms with Crippen LogP contribution >= 0.6 is 0 Å². The summed E-state index contributed by atoms with van der Waals surface area (Å²) in [6.07, 6.45) is 3.82. The molecule has 92 valence electrons. The van der Waals surface area contributed by atoms with Crippen molar-refractivity contribution in [1.82, 2.24) is 5.32 Å². The minimum Gasteiger partial charge on any atom is -0.454 e. The summed E-state index contributed by atoms with van der Waals surface area (Å²) in [5.74, 6) is 1.80. The minimum atomic E-state index is 0.361. The van der Waals surface area contributed by atoms with E-state index in [2.05, 4.69) is 24.4 Å². The Labute approximate surface area is 102 Å². The number of fused-ring (bicyclic) bond motifs is 1. The Kier molecular flexibility index (Phi) is 2.51. The lowest BCUT2D eigenvalue weighted by atomic mass is 9.93. The van der Waals surface area contributed by atoms with Crippen molar-refractivity contribution in [2.24, 2.45) is 5.41 Å². The number of nitrogens with one attached hydrogen (secondary N) is 1.